The van der Waals surface area contributed by atoms with Crippen LogP contribution in [0.4, 0.5) is 8.78 Å². The fourth-order valence-electron chi connectivity index (χ4n) is 1.89. The summed E-state index contributed by atoms with van der Waals surface area (Å²) < 4.78 is 33.0. The minimum atomic E-state index is -1.18. The average Bonchev–Trinajstić information content (AvgIpc) is 2.39. The van der Waals surface area contributed by atoms with E-state index in [9.17, 15) is 18.7 Å². The summed E-state index contributed by atoms with van der Waals surface area (Å²) in [6.45, 7) is 1.27. The van der Waals surface area contributed by atoms with Crippen molar-refractivity contribution in [2.24, 2.45) is 0 Å². The molecule has 0 bridgehead atoms. The van der Waals surface area contributed by atoms with E-state index in [1.54, 1.807) is 13.0 Å². The highest BCUT2D eigenvalue weighted by molar-refractivity contribution is 9.10. The largest absolute Gasteiger partial charge is 0.487 e. The van der Waals surface area contributed by atoms with Crippen molar-refractivity contribution >= 4 is 21.9 Å². The zero-order valence-electron chi connectivity index (χ0n) is 11.0. The summed E-state index contributed by atoms with van der Waals surface area (Å²) >= 11 is 3.20. The molecule has 0 fully saturated rings. The zero-order chi connectivity index (χ0) is 15.6. The van der Waals surface area contributed by atoms with Gasteiger partial charge in [0.1, 0.15) is 29.6 Å². The number of rotatable bonds is 4. The lowest BCUT2D eigenvalue weighted by molar-refractivity contribution is 0.0691. The predicted molar refractivity (Wildman–Crippen MR) is 76.5 cm³/mol. The van der Waals surface area contributed by atoms with E-state index >= 15 is 0 Å². The first-order valence-electron chi connectivity index (χ1n) is 5.99. The Labute approximate surface area is 128 Å². The lowest BCUT2D eigenvalue weighted by Crippen LogP contribution is -2.07. The summed E-state index contributed by atoms with van der Waals surface area (Å²) in [5.74, 6) is -2.56. The van der Waals surface area contributed by atoms with Gasteiger partial charge in [0, 0.05) is 4.47 Å². The quantitative estimate of drug-likeness (QED) is 0.887. The summed E-state index contributed by atoms with van der Waals surface area (Å²) in [6, 6.07) is 6.53. The van der Waals surface area contributed by atoms with Crippen LogP contribution < -0.4 is 4.74 Å². The zero-order valence-corrected chi connectivity index (χ0v) is 12.6. The molecule has 2 rings (SSSR count). The molecule has 2 aromatic rings. The second kappa shape index (κ2) is 6.22. The molecule has 1 N–H and O–H groups in total. The molecular formula is C15H11BrF2O3. The molecule has 0 aliphatic carbocycles. The number of ether oxygens (including phenoxy) is 1. The number of benzene rings is 2. The van der Waals surface area contributed by atoms with Gasteiger partial charge in [0.2, 0.25) is 0 Å². The molecule has 0 aliphatic heterocycles. The van der Waals surface area contributed by atoms with Gasteiger partial charge in [-0.3, -0.25) is 0 Å². The number of carboxylic acids is 1. The molecule has 0 spiro atoms. The number of carboxylic acid groups (broad SMARTS) is 1. The van der Waals surface area contributed by atoms with Gasteiger partial charge in [0.05, 0.1) is 5.56 Å². The molecule has 0 aliphatic rings. The summed E-state index contributed by atoms with van der Waals surface area (Å²) in [7, 11) is 0. The van der Waals surface area contributed by atoms with Gasteiger partial charge in [0.25, 0.3) is 0 Å². The highest BCUT2D eigenvalue weighted by Gasteiger charge is 2.17. The van der Waals surface area contributed by atoms with Crippen LogP contribution >= 0.6 is 15.9 Å². The lowest BCUT2D eigenvalue weighted by Gasteiger charge is -2.13. The highest BCUT2D eigenvalue weighted by atomic mass is 79.9. The maximum Gasteiger partial charge on any atom is 0.339 e. The van der Waals surface area contributed by atoms with Crippen LogP contribution in [0.1, 0.15) is 21.5 Å². The van der Waals surface area contributed by atoms with E-state index in [-0.39, 0.29) is 23.5 Å². The van der Waals surface area contributed by atoms with E-state index in [2.05, 4.69) is 15.9 Å². The Hall–Kier alpha value is -1.95. The Morgan fingerprint density at radius 1 is 1.29 bits per heavy atom. The molecule has 0 unspecified atom stereocenters. The second-order valence-corrected chi connectivity index (χ2v) is 5.31. The smallest absolute Gasteiger partial charge is 0.339 e. The fraction of sp³-hybridized carbons (Fsp3) is 0.133. The average molecular weight is 357 g/mol. The van der Waals surface area contributed by atoms with Crippen molar-refractivity contribution < 1.29 is 23.4 Å². The van der Waals surface area contributed by atoms with E-state index in [0.717, 1.165) is 12.1 Å². The maximum absolute atomic E-state index is 13.5. The third kappa shape index (κ3) is 3.39. The van der Waals surface area contributed by atoms with Gasteiger partial charge in [-0.1, -0.05) is 22.0 Å². The molecule has 0 heterocycles. The normalized spacial score (nSPS) is 10.5. The molecular weight excluding hydrogens is 346 g/mol. The van der Waals surface area contributed by atoms with Crippen LogP contribution in [0.15, 0.2) is 34.8 Å². The predicted octanol–water partition coefficient (Wildman–Crippen LogP) is 4.31. The van der Waals surface area contributed by atoms with E-state index in [1.165, 1.54) is 12.1 Å². The van der Waals surface area contributed by atoms with Gasteiger partial charge in [-0.2, -0.15) is 0 Å². The van der Waals surface area contributed by atoms with Gasteiger partial charge >= 0.3 is 5.97 Å². The van der Waals surface area contributed by atoms with Crippen molar-refractivity contribution in [2.45, 2.75) is 13.5 Å². The molecule has 0 amide bonds. The van der Waals surface area contributed by atoms with Crippen LogP contribution in [-0.4, -0.2) is 11.1 Å². The Morgan fingerprint density at radius 2 is 1.90 bits per heavy atom. The number of hydrogen-bond acceptors (Lipinski definition) is 2. The molecule has 0 aromatic heterocycles. The van der Waals surface area contributed by atoms with Crippen molar-refractivity contribution in [3.63, 3.8) is 0 Å². The standard InChI is InChI=1S/C15H11BrF2O3/c1-8-5-9(16)6-10(15(19)20)14(8)21-7-11-12(17)3-2-4-13(11)18/h2-6H,7H2,1H3,(H,19,20). The number of halogens is 3. The first-order chi connectivity index (χ1) is 9.90. The Bertz CT molecular complexity index is 681. The third-order valence-corrected chi connectivity index (χ3v) is 3.35. The minimum Gasteiger partial charge on any atom is -0.487 e. The van der Waals surface area contributed by atoms with Crippen molar-refractivity contribution in [3.05, 3.63) is 63.1 Å². The van der Waals surface area contributed by atoms with Crippen LogP contribution in [0, 0.1) is 18.6 Å². The summed E-state index contributed by atoms with van der Waals surface area (Å²) in [5, 5.41) is 9.17. The topological polar surface area (TPSA) is 46.5 Å². The first kappa shape index (κ1) is 15.4. The monoisotopic (exact) mass is 356 g/mol. The van der Waals surface area contributed by atoms with Gasteiger partial charge in [0.15, 0.2) is 0 Å². The van der Waals surface area contributed by atoms with Crippen molar-refractivity contribution in [1.82, 2.24) is 0 Å². The molecule has 21 heavy (non-hydrogen) atoms. The molecule has 0 saturated heterocycles. The van der Waals surface area contributed by atoms with E-state index in [4.69, 9.17) is 4.74 Å². The molecule has 0 atom stereocenters. The molecule has 110 valence electrons. The fourth-order valence-corrected chi connectivity index (χ4v) is 2.47. The van der Waals surface area contributed by atoms with E-state index < -0.39 is 17.6 Å². The first-order valence-corrected chi connectivity index (χ1v) is 6.78. The minimum absolute atomic E-state index is 0.0707. The number of aryl methyl sites for hydroxylation is 1. The number of aromatic carboxylic acids is 1. The summed E-state index contributed by atoms with van der Waals surface area (Å²) in [4.78, 5) is 11.2. The van der Waals surface area contributed by atoms with Gasteiger partial charge in [-0.25, -0.2) is 13.6 Å². The number of hydrogen-bond donors (Lipinski definition) is 1. The SMILES string of the molecule is Cc1cc(Br)cc(C(=O)O)c1OCc1c(F)cccc1F. The Kier molecular flexibility index (Phi) is 4.57. The van der Waals surface area contributed by atoms with Crippen LogP contribution in [0.2, 0.25) is 0 Å². The second-order valence-electron chi connectivity index (χ2n) is 4.39. The van der Waals surface area contributed by atoms with E-state index in [1.807, 2.05) is 0 Å². The Morgan fingerprint density at radius 3 is 2.48 bits per heavy atom. The molecule has 6 heteroatoms. The molecule has 2 aromatic carbocycles. The highest BCUT2D eigenvalue weighted by Crippen LogP contribution is 2.29. The number of carbonyl (C=O) groups is 1. The van der Waals surface area contributed by atoms with Crippen LogP contribution in [0.5, 0.6) is 5.75 Å². The molecule has 0 saturated carbocycles. The lowest BCUT2D eigenvalue weighted by atomic mass is 10.1. The van der Waals surface area contributed by atoms with Gasteiger partial charge < -0.3 is 9.84 Å². The summed E-state index contributed by atoms with van der Waals surface area (Å²) in [5.41, 5.74) is 0.244. The van der Waals surface area contributed by atoms with Crippen LogP contribution in [0.25, 0.3) is 0 Å². The van der Waals surface area contributed by atoms with Crippen LogP contribution in [-0.2, 0) is 6.61 Å². The molecule has 3 nitrogen and oxygen atoms in total. The third-order valence-electron chi connectivity index (χ3n) is 2.89. The Balaban J connectivity index is 2.34. The van der Waals surface area contributed by atoms with Crippen LogP contribution in [0.3, 0.4) is 0 Å². The molecule has 0 radical (unpaired) electrons. The van der Waals surface area contributed by atoms with Gasteiger partial charge in [-0.15, -0.1) is 0 Å². The van der Waals surface area contributed by atoms with Gasteiger partial charge in [-0.05, 0) is 36.8 Å². The van der Waals surface area contributed by atoms with E-state index in [0.29, 0.717) is 10.0 Å². The maximum atomic E-state index is 13.5. The van der Waals surface area contributed by atoms with Crippen molar-refractivity contribution in [2.75, 3.05) is 0 Å². The summed E-state index contributed by atoms with van der Waals surface area (Å²) in [6.07, 6.45) is 0. The van der Waals surface area contributed by atoms with Crippen molar-refractivity contribution in [1.29, 1.82) is 0 Å². The van der Waals surface area contributed by atoms with Crippen molar-refractivity contribution in [3.8, 4) is 5.75 Å².